The van der Waals surface area contributed by atoms with Gasteiger partial charge in [0, 0.05) is 11.2 Å². The predicted molar refractivity (Wildman–Crippen MR) is 86.8 cm³/mol. The highest BCUT2D eigenvalue weighted by Gasteiger charge is 2.13. The zero-order chi connectivity index (χ0) is 15.5. The van der Waals surface area contributed by atoms with Crippen LogP contribution in [0.5, 0.6) is 5.88 Å². The molecule has 0 fully saturated rings. The number of aliphatic imine (C=N–C) groups is 1. The van der Waals surface area contributed by atoms with Crippen LogP contribution in [0.25, 0.3) is 5.69 Å². The van der Waals surface area contributed by atoms with Gasteiger partial charge in [-0.3, -0.25) is 14.9 Å². The molecule has 0 unspecified atom stereocenters. The first kappa shape index (κ1) is 14.2. The van der Waals surface area contributed by atoms with E-state index in [0.29, 0.717) is 16.4 Å². The number of nitrogens with zero attached hydrogens (tertiary/aromatic N) is 2. The number of rotatable bonds is 3. The lowest BCUT2D eigenvalue weighted by atomic mass is 10.3. The summed E-state index contributed by atoms with van der Waals surface area (Å²) in [7, 11) is 0. The van der Waals surface area contributed by atoms with Crippen LogP contribution < -0.4 is 5.56 Å². The van der Waals surface area contributed by atoms with Gasteiger partial charge >= 0.3 is 0 Å². The molecule has 0 aliphatic rings. The van der Waals surface area contributed by atoms with Crippen LogP contribution in [0.1, 0.15) is 5.56 Å². The van der Waals surface area contributed by atoms with Crippen LogP contribution in [0.2, 0.25) is 5.02 Å². The van der Waals surface area contributed by atoms with Crippen molar-refractivity contribution in [1.29, 1.82) is 0 Å². The molecule has 5 nitrogen and oxygen atoms in total. The van der Waals surface area contributed by atoms with Crippen LogP contribution in [-0.2, 0) is 0 Å². The lowest BCUT2D eigenvalue weighted by Crippen LogP contribution is -2.06. The molecule has 1 heterocycles. The van der Waals surface area contributed by atoms with Gasteiger partial charge in [0.05, 0.1) is 11.4 Å². The molecule has 0 aliphatic heterocycles. The van der Waals surface area contributed by atoms with E-state index in [1.54, 1.807) is 36.4 Å². The lowest BCUT2D eigenvalue weighted by Gasteiger charge is -2.03. The van der Waals surface area contributed by atoms with E-state index in [-0.39, 0.29) is 11.4 Å². The largest absolute Gasteiger partial charge is 0.493 e. The Kier molecular flexibility index (Phi) is 3.80. The van der Waals surface area contributed by atoms with Crippen LogP contribution in [0, 0.1) is 0 Å². The van der Waals surface area contributed by atoms with Gasteiger partial charge in [-0.15, -0.1) is 0 Å². The maximum atomic E-state index is 12.0. The summed E-state index contributed by atoms with van der Waals surface area (Å²) in [5.41, 5.74) is 0.963. The number of nitrogens with one attached hydrogen (secondary N) is 1. The molecule has 0 saturated heterocycles. The number of hydrogen-bond donors (Lipinski definition) is 2. The van der Waals surface area contributed by atoms with Crippen LogP contribution in [0.4, 0.5) is 5.69 Å². The first-order valence-electron chi connectivity index (χ1n) is 6.54. The molecule has 0 saturated carbocycles. The van der Waals surface area contributed by atoms with Crippen molar-refractivity contribution in [3.05, 3.63) is 75.5 Å². The fourth-order valence-electron chi connectivity index (χ4n) is 1.98. The third-order valence-electron chi connectivity index (χ3n) is 3.09. The minimum atomic E-state index is -0.424. The Hall–Kier alpha value is -2.79. The van der Waals surface area contributed by atoms with Crippen LogP contribution in [-0.4, -0.2) is 21.1 Å². The Morgan fingerprint density at radius 3 is 2.45 bits per heavy atom. The summed E-state index contributed by atoms with van der Waals surface area (Å²) in [6, 6.07) is 15.9. The molecule has 0 aliphatic carbocycles. The number of para-hydroxylation sites is 1. The van der Waals surface area contributed by atoms with E-state index < -0.39 is 5.56 Å². The van der Waals surface area contributed by atoms with E-state index in [2.05, 4.69) is 10.1 Å². The Balaban J connectivity index is 1.99. The average Bonchev–Trinajstić information content (AvgIpc) is 2.82. The van der Waals surface area contributed by atoms with E-state index in [1.165, 1.54) is 10.9 Å². The van der Waals surface area contributed by atoms with Crippen molar-refractivity contribution in [1.82, 2.24) is 9.78 Å². The maximum absolute atomic E-state index is 12.0. The SMILES string of the molecule is O=c1[nH]n(-c2ccc(Cl)cc2)c(O)c1C=Nc1ccccc1. The summed E-state index contributed by atoms with van der Waals surface area (Å²) in [5, 5.41) is 13.4. The second-order valence-electron chi connectivity index (χ2n) is 4.58. The molecule has 3 rings (SSSR count). The Morgan fingerprint density at radius 1 is 1.09 bits per heavy atom. The molecule has 0 amide bonds. The molecule has 3 aromatic rings. The number of aromatic amines is 1. The smallest absolute Gasteiger partial charge is 0.277 e. The van der Waals surface area contributed by atoms with E-state index in [4.69, 9.17) is 11.6 Å². The molecule has 0 radical (unpaired) electrons. The fraction of sp³-hybridized carbons (Fsp3) is 0. The number of hydrogen-bond acceptors (Lipinski definition) is 3. The van der Waals surface area contributed by atoms with Crippen LogP contribution in [0.3, 0.4) is 0 Å². The van der Waals surface area contributed by atoms with Crippen molar-refractivity contribution in [2.45, 2.75) is 0 Å². The molecule has 0 spiro atoms. The third kappa shape index (κ3) is 2.80. The zero-order valence-electron chi connectivity index (χ0n) is 11.4. The molecular formula is C16H12ClN3O2. The van der Waals surface area contributed by atoms with Crippen molar-refractivity contribution < 1.29 is 5.11 Å². The number of halogens is 1. The number of aromatic nitrogens is 2. The summed E-state index contributed by atoms with van der Waals surface area (Å²) >= 11 is 5.83. The van der Waals surface area contributed by atoms with Crippen molar-refractivity contribution in [2.75, 3.05) is 0 Å². The maximum Gasteiger partial charge on any atom is 0.277 e. The first-order chi connectivity index (χ1) is 10.6. The van der Waals surface area contributed by atoms with Gasteiger partial charge in [-0.1, -0.05) is 29.8 Å². The minimum Gasteiger partial charge on any atom is -0.493 e. The van der Waals surface area contributed by atoms with Gasteiger partial charge in [-0.25, -0.2) is 4.68 Å². The van der Waals surface area contributed by atoms with Gasteiger partial charge in [-0.05, 0) is 36.4 Å². The number of benzene rings is 2. The average molecular weight is 314 g/mol. The molecule has 1 aromatic heterocycles. The fourth-order valence-corrected chi connectivity index (χ4v) is 2.11. The van der Waals surface area contributed by atoms with Gasteiger partial charge in [-0.2, -0.15) is 0 Å². The summed E-state index contributed by atoms with van der Waals surface area (Å²) < 4.78 is 1.28. The summed E-state index contributed by atoms with van der Waals surface area (Å²) in [4.78, 5) is 16.1. The van der Waals surface area contributed by atoms with Gasteiger partial charge in [0.15, 0.2) is 0 Å². The van der Waals surface area contributed by atoms with Crippen molar-refractivity contribution in [2.24, 2.45) is 4.99 Å². The van der Waals surface area contributed by atoms with Gasteiger partial charge in [0.25, 0.3) is 5.56 Å². The van der Waals surface area contributed by atoms with Gasteiger partial charge < -0.3 is 5.11 Å². The quantitative estimate of drug-likeness (QED) is 0.728. The highest BCUT2D eigenvalue weighted by atomic mass is 35.5. The standard InChI is InChI=1S/C16H12ClN3O2/c17-11-6-8-13(9-7-11)20-16(22)14(15(21)19-20)10-18-12-4-2-1-3-5-12/h1-10,22H,(H,19,21). The van der Waals surface area contributed by atoms with Crippen molar-refractivity contribution in [3.8, 4) is 11.6 Å². The Labute approximate surface area is 131 Å². The Morgan fingerprint density at radius 2 is 1.77 bits per heavy atom. The van der Waals surface area contributed by atoms with Crippen LogP contribution in [0.15, 0.2) is 64.4 Å². The number of aromatic hydroxyl groups is 1. The van der Waals surface area contributed by atoms with Gasteiger partial charge in [0.2, 0.25) is 5.88 Å². The molecule has 2 N–H and O–H groups in total. The lowest BCUT2D eigenvalue weighted by molar-refractivity contribution is 0.433. The van der Waals surface area contributed by atoms with E-state index >= 15 is 0 Å². The van der Waals surface area contributed by atoms with E-state index in [9.17, 15) is 9.90 Å². The molecular weight excluding hydrogens is 302 g/mol. The van der Waals surface area contributed by atoms with Gasteiger partial charge in [0.1, 0.15) is 5.56 Å². The molecule has 6 heteroatoms. The number of H-pyrrole nitrogens is 1. The van der Waals surface area contributed by atoms with E-state index in [0.717, 1.165) is 0 Å². The topological polar surface area (TPSA) is 70.4 Å². The Bertz CT molecular complexity index is 865. The second kappa shape index (κ2) is 5.91. The highest BCUT2D eigenvalue weighted by molar-refractivity contribution is 6.30. The molecule has 2 aromatic carbocycles. The van der Waals surface area contributed by atoms with Crippen molar-refractivity contribution >= 4 is 23.5 Å². The summed E-state index contributed by atoms with van der Waals surface area (Å²) in [6.45, 7) is 0. The molecule has 0 bridgehead atoms. The van der Waals surface area contributed by atoms with Crippen molar-refractivity contribution in [3.63, 3.8) is 0 Å². The predicted octanol–water partition coefficient (Wildman–Crippen LogP) is 3.28. The molecule has 110 valence electrons. The summed E-state index contributed by atoms with van der Waals surface area (Å²) in [5.74, 6) is -0.202. The normalized spacial score (nSPS) is 11.1. The van der Waals surface area contributed by atoms with Crippen LogP contribution >= 0.6 is 11.6 Å². The third-order valence-corrected chi connectivity index (χ3v) is 3.35. The first-order valence-corrected chi connectivity index (χ1v) is 6.92. The minimum absolute atomic E-state index is 0.0961. The molecule has 0 atom stereocenters. The monoisotopic (exact) mass is 313 g/mol. The highest BCUT2D eigenvalue weighted by Crippen LogP contribution is 2.19. The molecule has 22 heavy (non-hydrogen) atoms. The van der Waals surface area contributed by atoms with E-state index in [1.807, 2.05) is 18.2 Å². The second-order valence-corrected chi connectivity index (χ2v) is 5.02. The zero-order valence-corrected chi connectivity index (χ0v) is 12.2. The summed E-state index contributed by atoms with van der Waals surface area (Å²) in [6.07, 6.45) is 1.34.